The first-order valence-corrected chi connectivity index (χ1v) is 7.25. The highest BCUT2D eigenvalue weighted by Gasteiger charge is 2.24. The zero-order chi connectivity index (χ0) is 14.1. The standard InChI is InChI=1S/C15H27N3O/c1-3-5-10-18(11-12-19)15(14(16)4-2)13-6-8-17-9-7-13/h6-9,14-15,19H,3-5,10-12,16H2,1-2H3. The molecule has 4 heteroatoms. The largest absolute Gasteiger partial charge is 0.395 e. The maximum absolute atomic E-state index is 9.29. The van der Waals surface area contributed by atoms with Crippen molar-refractivity contribution in [1.29, 1.82) is 0 Å². The third-order valence-electron chi connectivity index (χ3n) is 3.50. The van der Waals surface area contributed by atoms with Gasteiger partial charge in [-0.15, -0.1) is 0 Å². The summed E-state index contributed by atoms with van der Waals surface area (Å²) in [5, 5.41) is 9.29. The van der Waals surface area contributed by atoms with Crippen LogP contribution in [0.5, 0.6) is 0 Å². The van der Waals surface area contributed by atoms with E-state index in [1.807, 2.05) is 24.5 Å². The Morgan fingerprint density at radius 3 is 2.47 bits per heavy atom. The average molecular weight is 265 g/mol. The molecule has 0 saturated heterocycles. The molecule has 0 radical (unpaired) electrons. The lowest BCUT2D eigenvalue weighted by atomic mass is 9.97. The van der Waals surface area contributed by atoms with Gasteiger partial charge in [-0.05, 0) is 37.1 Å². The zero-order valence-electron chi connectivity index (χ0n) is 12.1. The lowest BCUT2D eigenvalue weighted by Gasteiger charge is -2.35. The fraction of sp³-hybridized carbons (Fsp3) is 0.667. The molecule has 0 fully saturated rings. The van der Waals surface area contributed by atoms with E-state index in [2.05, 4.69) is 23.7 Å². The van der Waals surface area contributed by atoms with E-state index in [0.29, 0.717) is 6.54 Å². The summed E-state index contributed by atoms with van der Waals surface area (Å²) in [7, 11) is 0. The van der Waals surface area contributed by atoms with Gasteiger partial charge in [-0.1, -0.05) is 20.3 Å². The van der Waals surface area contributed by atoms with Crippen LogP contribution >= 0.6 is 0 Å². The van der Waals surface area contributed by atoms with E-state index in [-0.39, 0.29) is 18.7 Å². The van der Waals surface area contributed by atoms with E-state index in [0.717, 1.165) is 25.8 Å². The first kappa shape index (κ1) is 16.1. The van der Waals surface area contributed by atoms with Gasteiger partial charge >= 0.3 is 0 Å². The average Bonchev–Trinajstić information content (AvgIpc) is 2.46. The van der Waals surface area contributed by atoms with Crippen LogP contribution in [0.25, 0.3) is 0 Å². The summed E-state index contributed by atoms with van der Waals surface area (Å²) in [6.45, 7) is 6.09. The molecule has 2 atom stereocenters. The summed E-state index contributed by atoms with van der Waals surface area (Å²) in [6.07, 6.45) is 6.80. The van der Waals surface area contributed by atoms with Crippen LogP contribution in [-0.4, -0.2) is 40.7 Å². The fourth-order valence-corrected chi connectivity index (χ4v) is 2.39. The molecular weight excluding hydrogens is 238 g/mol. The maximum atomic E-state index is 9.29. The highest BCUT2D eigenvalue weighted by Crippen LogP contribution is 2.24. The number of nitrogens with two attached hydrogens (primary N) is 1. The molecule has 0 amide bonds. The predicted molar refractivity (Wildman–Crippen MR) is 78.8 cm³/mol. The summed E-state index contributed by atoms with van der Waals surface area (Å²) in [6, 6.07) is 4.28. The second-order valence-electron chi connectivity index (χ2n) is 4.91. The van der Waals surface area contributed by atoms with Crippen molar-refractivity contribution in [3.63, 3.8) is 0 Å². The van der Waals surface area contributed by atoms with E-state index in [4.69, 9.17) is 5.73 Å². The predicted octanol–water partition coefficient (Wildman–Crippen LogP) is 1.95. The Hall–Kier alpha value is -0.970. The molecule has 1 rings (SSSR count). The third-order valence-corrected chi connectivity index (χ3v) is 3.50. The molecule has 108 valence electrons. The quantitative estimate of drug-likeness (QED) is 0.716. The number of unbranched alkanes of at least 4 members (excludes halogenated alkanes) is 1. The van der Waals surface area contributed by atoms with Crippen LogP contribution in [0.3, 0.4) is 0 Å². The number of hydrogen-bond acceptors (Lipinski definition) is 4. The summed E-state index contributed by atoms with van der Waals surface area (Å²) in [4.78, 5) is 6.37. The molecule has 0 spiro atoms. The number of nitrogens with zero attached hydrogens (tertiary/aromatic N) is 2. The maximum Gasteiger partial charge on any atom is 0.0558 e. The van der Waals surface area contributed by atoms with E-state index >= 15 is 0 Å². The van der Waals surface area contributed by atoms with E-state index in [1.165, 1.54) is 5.56 Å². The zero-order valence-corrected chi connectivity index (χ0v) is 12.1. The van der Waals surface area contributed by atoms with E-state index in [1.54, 1.807) is 0 Å². The number of pyridine rings is 1. The molecule has 0 saturated carbocycles. The summed E-state index contributed by atoms with van der Waals surface area (Å²) >= 11 is 0. The topological polar surface area (TPSA) is 62.4 Å². The van der Waals surface area contributed by atoms with Crippen LogP contribution < -0.4 is 5.73 Å². The van der Waals surface area contributed by atoms with Crippen molar-refractivity contribution in [2.75, 3.05) is 19.7 Å². The molecule has 3 N–H and O–H groups in total. The fourth-order valence-electron chi connectivity index (χ4n) is 2.39. The highest BCUT2D eigenvalue weighted by atomic mass is 16.3. The minimum absolute atomic E-state index is 0.0748. The van der Waals surface area contributed by atoms with Gasteiger partial charge in [0.1, 0.15) is 0 Å². The Labute approximate surface area is 116 Å². The van der Waals surface area contributed by atoms with Crippen LogP contribution in [0.4, 0.5) is 0 Å². The third kappa shape index (κ3) is 4.90. The van der Waals surface area contributed by atoms with Crippen molar-refractivity contribution in [2.45, 2.75) is 45.2 Å². The van der Waals surface area contributed by atoms with Crippen molar-refractivity contribution in [1.82, 2.24) is 9.88 Å². The minimum atomic E-state index is 0.0748. The van der Waals surface area contributed by atoms with E-state index < -0.39 is 0 Å². The number of aromatic nitrogens is 1. The molecule has 0 aliphatic rings. The lowest BCUT2D eigenvalue weighted by Crippen LogP contribution is -2.42. The monoisotopic (exact) mass is 265 g/mol. The van der Waals surface area contributed by atoms with Gasteiger partial charge in [0.2, 0.25) is 0 Å². The SMILES string of the molecule is CCCCN(CCO)C(c1ccncc1)C(N)CC. The molecule has 19 heavy (non-hydrogen) atoms. The first-order chi connectivity index (χ1) is 9.24. The smallest absolute Gasteiger partial charge is 0.0558 e. The van der Waals surface area contributed by atoms with Crippen LogP contribution in [0, 0.1) is 0 Å². The molecular formula is C15H27N3O. The number of rotatable bonds is 9. The van der Waals surface area contributed by atoms with Gasteiger partial charge in [0.25, 0.3) is 0 Å². The number of aliphatic hydroxyl groups excluding tert-OH is 1. The summed E-state index contributed by atoms with van der Waals surface area (Å²) in [5.74, 6) is 0. The van der Waals surface area contributed by atoms with Gasteiger partial charge in [-0.2, -0.15) is 0 Å². The molecule has 1 heterocycles. The minimum Gasteiger partial charge on any atom is -0.395 e. The molecule has 0 aliphatic carbocycles. The van der Waals surface area contributed by atoms with Gasteiger partial charge in [-0.25, -0.2) is 0 Å². The van der Waals surface area contributed by atoms with Crippen LogP contribution in [0.15, 0.2) is 24.5 Å². The first-order valence-electron chi connectivity index (χ1n) is 7.25. The Balaban J connectivity index is 2.92. The molecule has 0 aliphatic heterocycles. The number of aliphatic hydroxyl groups is 1. The van der Waals surface area contributed by atoms with Crippen LogP contribution in [0.2, 0.25) is 0 Å². The van der Waals surface area contributed by atoms with Crippen molar-refractivity contribution < 1.29 is 5.11 Å². The van der Waals surface area contributed by atoms with Gasteiger partial charge in [0.15, 0.2) is 0 Å². The number of hydrogen-bond donors (Lipinski definition) is 2. The van der Waals surface area contributed by atoms with Crippen molar-refractivity contribution in [3.8, 4) is 0 Å². The van der Waals surface area contributed by atoms with Crippen molar-refractivity contribution in [3.05, 3.63) is 30.1 Å². The molecule has 0 bridgehead atoms. The van der Waals surface area contributed by atoms with Gasteiger partial charge in [0, 0.05) is 25.0 Å². The van der Waals surface area contributed by atoms with Crippen molar-refractivity contribution >= 4 is 0 Å². The Bertz CT molecular complexity index is 331. The second-order valence-corrected chi connectivity index (χ2v) is 4.91. The second kappa shape index (κ2) is 9.02. The van der Waals surface area contributed by atoms with Gasteiger partial charge in [0.05, 0.1) is 12.6 Å². The summed E-state index contributed by atoms with van der Waals surface area (Å²) in [5.41, 5.74) is 7.50. The molecule has 2 unspecified atom stereocenters. The van der Waals surface area contributed by atoms with Gasteiger partial charge < -0.3 is 10.8 Å². The summed E-state index contributed by atoms with van der Waals surface area (Å²) < 4.78 is 0. The molecule has 1 aromatic heterocycles. The molecule has 4 nitrogen and oxygen atoms in total. The Kier molecular flexibility index (Phi) is 7.63. The van der Waals surface area contributed by atoms with Crippen LogP contribution in [0.1, 0.15) is 44.7 Å². The van der Waals surface area contributed by atoms with Crippen molar-refractivity contribution in [2.24, 2.45) is 5.73 Å². The lowest BCUT2D eigenvalue weighted by molar-refractivity contribution is 0.130. The normalized spacial score (nSPS) is 14.6. The molecule has 1 aromatic rings. The van der Waals surface area contributed by atoms with Gasteiger partial charge in [-0.3, -0.25) is 9.88 Å². The van der Waals surface area contributed by atoms with E-state index in [9.17, 15) is 5.11 Å². The molecule has 0 aromatic carbocycles. The van der Waals surface area contributed by atoms with Crippen LogP contribution in [-0.2, 0) is 0 Å². The Morgan fingerprint density at radius 2 is 1.95 bits per heavy atom. The highest BCUT2D eigenvalue weighted by molar-refractivity contribution is 5.17. The Morgan fingerprint density at radius 1 is 1.26 bits per heavy atom.